The van der Waals surface area contributed by atoms with Crippen LogP contribution in [0.15, 0.2) is 84.9 Å². The van der Waals surface area contributed by atoms with Crippen molar-refractivity contribution < 1.29 is 39.1 Å². The van der Waals surface area contributed by atoms with E-state index in [9.17, 15) is 14.7 Å². The summed E-state index contributed by atoms with van der Waals surface area (Å²) in [6.45, 7) is 6.72. The van der Waals surface area contributed by atoms with E-state index in [0.717, 1.165) is 87.5 Å². The van der Waals surface area contributed by atoms with Crippen LogP contribution >= 0.6 is 39.1 Å². The number of aromatic amines is 2. The fraction of sp³-hybridized carbons (Fsp3) is 0.375. The number of ether oxygens (including phenoxy) is 3. The van der Waals surface area contributed by atoms with E-state index in [-0.39, 0.29) is 36.6 Å². The van der Waals surface area contributed by atoms with Gasteiger partial charge in [0.1, 0.15) is 23.6 Å². The monoisotopic (exact) mass is 964 g/mol. The Kier molecular flexibility index (Phi) is 17.5. The van der Waals surface area contributed by atoms with Crippen LogP contribution in [0.5, 0.6) is 11.5 Å². The molecule has 0 saturated carbocycles. The van der Waals surface area contributed by atoms with Crippen LogP contribution in [-0.2, 0) is 22.3 Å². The zero-order valence-electron chi connectivity index (χ0n) is 35.5. The number of alkyl halides is 1. The Balaban J connectivity index is 0.000000191. The van der Waals surface area contributed by atoms with Crippen LogP contribution in [0.25, 0.3) is 21.8 Å². The molecule has 0 aliphatic carbocycles. The van der Waals surface area contributed by atoms with Crippen LogP contribution in [0.3, 0.4) is 0 Å². The van der Waals surface area contributed by atoms with E-state index >= 15 is 0 Å². The highest BCUT2D eigenvalue weighted by Crippen LogP contribution is 2.41. The van der Waals surface area contributed by atoms with Gasteiger partial charge in [-0.05, 0) is 115 Å². The van der Waals surface area contributed by atoms with E-state index in [1.165, 1.54) is 11.1 Å². The summed E-state index contributed by atoms with van der Waals surface area (Å²) in [4.78, 5) is 36.1. The number of nitrogens with zero attached hydrogens (tertiary/aromatic N) is 2. The smallest absolute Gasteiger partial charge is 0.410 e. The molecule has 15 heteroatoms. The molecular formula is C48H55BrCl2N4O8. The lowest BCUT2D eigenvalue weighted by molar-refractivity contribution is 0.0882. The number of carbonyl (C=O) groups is 2. The van der Waals surface area contributed by atoms with Crippen LogP contribution in [0.4, 0.5) is 9.59 Å². The van der Waals surface area contributed by atoms with Crippen LogP contribution in [0.2, 0.25) is 10.0 Å². The Bertz CT molecular complexity index is 2420. The second kappa shape index (κ2) is 23.1. The van der Waals surface area contributed by atoms with Crippen molar-refractivity contribution in [3.05, 3.63) is 129 Å². The molecule has 0 fully saturated rings. The number of H-pyrrole nitrogens is 2. The van der Waals surface area contributed by atoms with Gasteiger partial charge in [-0.2, -0.15) is 0 Å². The zero-order valence-corrected chi connectivity index (χ0v) is 38.6. The highest BCUT2D eigenvalue weighted by atomic mass is 79.9. The standard InChI is InChI=1S/C24H27ClN2O4.C21H21ClN2O3.C3H7BrO/c1-2-13-31-24(29)27-11-10-19-20-15-17(25)6-9-21(20)26-22(19)23(27)16-4-7-18(8-5-16)30-14-3-12-28;1-2-11-27-21(26)24-10-9-16-17-12-14(22)5-8-18(17)23-19(16)20(24)13-3-6-15(25)7-4-13;4-2-1-3-5/h4-9,15,23,26,28H,2-3,10-14H2,1H3;3-8,12,20,23,25H,2,9-11H2,1H3;5H,1-3H2. The second-order valence-corrected chi connectivity index (χ2v) is 16.9. The third kappa shape index (κ3) is 11.6. The van der Waals surface area contributed by atoms with Gasteiger partial charge in [0, 0.05) is 81.3 Å². The third-order valence-electron chi connectivity index (χ3n) is 10.8. The van der Waals surface area contributed by atoms with Gasteiger partial charge in [0.05, 0.1) is 19.8 Å². The molecule has 2 atom stereocenters. The molecule has 0 saturated heterocycles. The zero-order chi connectivity index (χ0) is 44.9. The number of nitrogens with one attached hydrogen (secondary N) is 2. The summed E-state index contributed by atoms with van der Waals surface area (Å²) < 4.78 is 16.6. The maximum Gasteiger partial charge on any atom is 0.410 e. The first-order chi connectivity index (χ1) is 30.6. The van der Waals surface area contributed by atoms with Crippen LogP contribution in [0, 0.1) is 0 Å². The molecule has 0 bridgehead atoms. The molecule has 63 heavy (non-hydrogen) atoms. The first-order valence-corrected chi connectivity index (χ1v) is 23.3. The average molecular weight is 967 g/mol. The van der Waals surface area contributed by atoms with E-state index in [1.807, 2.05) is 86.6 Å². The number of carbonyl (C=O) groups excluding carboxylic acids is 2. The third-order valence-corrected chi connectivity index (χ3v) is 11.8. The predicted molar refractivity (Wildman–Crippen MR) is 252 cm³/mol. The number of fused-ring (bicyclic) bond motifs is 6. The molecule has 12 nitrogen and oxygen atoms in total. The molecule has 2 aliphatic heterocycles. The largest absolute Gasteiger partial charge is 0.508 e. The fourth-order valence-corrected chi connectivity index (χ4v) is 8.46. The van der Waals surface area contributed by atoms with E-state index in [2.05, 4.69) is 25.9 Å². The summed E-state index contributed by atoms with van der Waals surface area (Å²) in [5, 5.41) is 31.1. The van der Waals surface area contributed by atoms with Gasteiger partial charge < -0.3 is 39.5 Å². The average Bonchev–Trinajstić information content (AvgIpc) is 3.85. The van der Waals surface area contributed by atoms with Gasteiger partial charge in [-0.15, -0.1) is 0 Å². The van der Waals surface area contributed by atoms with Crippen molar-refractivity contribution in [2.75, 3.05) is 51.5 Å². The van der Waals surface area contributed by atoms with Gasteiger partial charge in [0.15, 0.2) is 0 Å². The summed E-state index contributed by atoms with van der Waals surface area (Å²) >= 11 is 15.6. The van der Waals surface area contributed by atoms with Crippen LogP contribution in [0.1, 0.15) is 85.3 Å². The first kappa shape index (κ1) is 47.6. The van der Waals surface area contributed by atoms with Gasteiger partial charge in [-0.25, -0.2) is 9.59 Å². The number of phenolic OH excluding ortho intramolecular Hbond substituents is 1. The Morgan fingerprint density at radius 2 is 1.14 bits per heavy atom. The summed E-state index contributed by atoms with van der Waals surface area (Å²) in [5.41, 5.74) is 8.21. The number of benzene rings is 4. The SMILES string of the molecule is CCCOC(=O)N1CCc2c([nH]c3ccc(Cl)cc23)C1c1ccc(O)cc1.CCCOC(=O)N1CCc2c([nH]c3ccc(Cl)cc23)C1c1ccc(OCCCO)cc1.OCCCBr. The molecule has 5 N–H and O–H groups in total. The van der Waals surface area contributed by atoms with Crippen molar-refractivity contribution in [3.63, 3.8) is 0 Å². The molecular weight excluding hydrogens is 911 g/mol. The highest BCUT2D eigenvalue weighted by molar-refractivity contribution is 9.09. The van der Waals surface area contributed by atoms with Gasteiger partial charge >= 0.3 is 12.2 Å². The summed E-state index contributed by atoms with van der Waals surface area (Å²) in [7, 11) is 0. The topological polar surface area (TPSA) is 161 Å². The number of hydrogen-bond donors (Lipinski definition) is 5. The van der Waals surface area contributed by atoms with Crippen LogP contribution in [-0.4, -0.2) is 98.7 Å². The maximum atomic E-state index is 12.9. The molecule has 2 aromatic heterocycles. The number of hydrogen-bond acceptors (Lipinski definition) is 8. The number of aromatic hydroxyl groups is 1. The molecule has 2 aliphatic rings. The molecule has 8 rings (SSSR count). The molecule has 4 aromatic carbocycles. The van der Waals surface area contributed by atoms with Crippen molar-refractivity contribution in [1.29, 1.82) is 0 Å². The number of phenols is 1. The van der Waals surface area contributed by atoms with Crippen molar-refractivity contribution >= 4 is 73.1 Å². The molecule has 0 spiro atoms. The summed E-state index contributed by atoms with van der Waals surface area (Å²) in [6, 6.07) is 25.7. The van der Waals surface area contributed by atoms with E-state index in [0.29, 0.717) is 56.0 Å². The molecule has 6 aromatic rings. The molecule has 4 heterocycles. The van der Waals surface area contributed by atoms with Crippen molar-refractivity contribution in [2.24, 2.45) is 0 Å². The Hall–Kier alpha value is -4.92. The summed E-state index contributed by atoms with van der Waals surface area (Å²) in [5.74, 6) is 0.926. The number of rotatable bonds is 12. The van der Waals surface area contributed by atoms with Crippen molar-refractivity contribution in [3.8, 4) is 11.5 Å². The number of halogens is 3. The highest BCUT2D eigenvalue weighted by Gasteiger charge is 2.37. The normalized spacial score (nSPS) is 15.4. The molecule has 2 amide bonds. The molecule has 2 unspecified atom stereocenters. The minimum absolute atomic E-state index is 0.0994. The Labute approximate surface area is 386 Å². The lowest BCUT2D eigenvalue weighted by Crippen LogP contribution is -2.41. The Morgan fingerprint density at radius 1 is 0.683 bits per heavy atom. The van der Waals surface area contributed by atoms with Gasteiger partial charge in [-0.3, -0.25) is 9.80 Å². The predicted octanol–water partition coefficient (Wildman–Crippen LogP) is 10.9. The number of amides is 2. The number of aliphatic hydroxyl groups excluding tert-OH is 2. The first-order valence-electron chi connectivity index (χ1n) is 21.4. The van der Waals surface area contributed by atoms with Gasteiger partial charge in [0.25, 0.3) is 0 Å². The molecule has 0 radical (unpaired) electrons. The summed E-state index contributed by atoms with van der Waals surface area (Å²) in [6.07, 6.45) is 3.83. The minimum atomic E-state index is -0.322. The van der Waals surface area contributed by atoms with E-state index in [4.69, 9.17) is 47.6 Å². The Morgan fingerprint density at radius 3 is 1.56 bits per heavy atom. The quantitative estimate of drug-likeness (QED) is 0.0598. The van der Waals surface area contributed by atoms with Crippen molar-refractivity contribution in [2.45, 2.75) is 64.5 Å². The molecule has 336 valence electrons. The van der Waals surface area contributed by atoms with Crippen molar-refractivity contribution in [1.82, 2.24) is 19.8 Å². The van der Waals surface area contributed by atoms with E-state index in [1.54, 1.807) is 21.9 Å². The van der Waals surface area contributed by atoms with Gasteiger partial charge in [0.2, 0.25) is 0 Å². The van der Waals surface area contributed by atoms with Gasteiger partial charge in [-0.1, -0.05) is 77.2 Å². The number of aliphatic hydroxyl groups is 2. The second-order valence-electron chi connectivity index (χ2n) is 15.2. The van der Waals surface area contributed by atoms with E-state index < -0.39 is 0 Å². The van der Waals surface area contributed by atoms with Crippen LogP contribution < -0.4 is 4.74 Å². The minimum Gasteiger partial charge on any atom is -0.508 e. The fourth-order valence-electron chi connectivity index (χ4n) is 7.87. The maximum absolute atomic E-state index is 12.9. The number of aromatic nitrogens is 2. The lowest BCUT2D eigenvalue weighted by Gasteiger charge is -2.35. The lowest BCUT2D eigenvalue weighted by atomic mass is 9.92.